The number of aromatic nitrogens is 1. The summed E-state index contributed by atoms with van der Waals surface area (Å²) in [6.45, 7) is 3.91. The topological polar surface area (TPSA) is 119 Å². The summed E-state index contributed by atoms with van der Waals surface area (Å²) in [4.78, 5) is 2.64. The van der Waals surface area contributed by atoms with Gasteiger partial charge < -0.3 is 34.8 Å². The average Bonchev–Trinajstić information content (AvgIpc) is 3.08. The smallest absolute Gasteiger partial charge is 0.163 e. The molecule has 2 aromatic rings. The van der Waals surface area contributed by atoms with Gasteiger partial charge in [-0.15, -0.1) is 0 Å². The molecule has 5 heterocycles. The number of piperidine rings is 2. The molecule has 1 aliphatic carbocycles. The summed E-state index contributed by atoms with van der Waals surface area (Å²) < 4.78 is 8.08. The molecule has 1 aromatic heterocycles. The summed E-state index contributed by atoms with van der Waals surface area (Å²) in [6.07, 6.45) is -1.78. The summed E-state index contributed by atoms with van der Waals surface area (Å²) >= 11 is 0. The van der Waals surface area contributed by atoms with Gasteiger partial charge in [-0.25, -0.2) is 0 Å². The van der Waals surface area contributed by atoms with Crippen LogP contribution in [0.25, 0.3) is 10.9 Å². The Kier molecular flexibility index (Phi) is 5.25. The summed E-state index contributed by atoms with van der Waals surface area (Å²) in [7, 11) is 0. The van der Waals surface area contributed by atoms with Gasteiger partial charge in [-0.1, -0.05) is 13.3 Å². The number of nitrogens with zero attached hydrogens (tertiary/aromatic N) is 2. The van der Waals surface area contributed by atoms with Gasteiger partial charge in [0.1, 0.15) is 30.2 Å². The van der Waals surface area contributed by atoms with E-state index in [1.54, 1.807) is 12.1 Å². The Hall–Kier alpha value is -1.68. The number of fused-ring (bicyclic) bond motifs is 4. The highest BCUT2D eigenvalue weighted by molar-refractivity contribution is 5.87. The van der Waals surface area contributed by atoms with E-state index in [0.717, 1.165) is 48.9 Å². The first-order valence-electron chi connectivity index (χ1n) is 12.3. The number of rotatable bonds is 3. The first kappa shape index (κ1) is 21.8. The number of hydrogen-bond acceptors (Lipinski definition) is 7. The largest absolute Gasteiger partial charge is 0.508 e. The van der Waals surface area contributed by atoms with Crippen molar-refractivity contribution in [1.29, 1.82) is 0 Å². The number of aromatic hydroxyl groups is 1. The van der Waals surface area contributed by atoms with Crippen molar-refractivity contribution in [3.63, 3.8) is 0 Å². The van der Waals surface area contributed by atoms with Gasteiger partial charge in [-0.2, -0.15) is 0 Å². The molecular formula is C25H34N2O6. The van der Waals surface area contributed by atoms with Crippen LogP contribution in [-0.2, 0) is 11.2 Å². The van der Waals surface area contributed by atoms with Gasteiger partial charge in [0, 0.05) is 36.1 Å². The van der Waals surface area contributed by atoms with Gasteiger partial charge in [-0.3, -0.25) is 4.90 Å². The molecule has 8 nitrogen and oxygen atoms in total. The molecule has 33 heavy (non-hydrogen) atoms. The van der Waals surface area contributed by atoms with Crippen molar-refractivity contribution < 1.29 is 30.3 Å². The molecule has 4 aliphatic heterocycles. The van der Waals surface area contributed by atoms with Crippen molar-refractivity contribution in [3.05, 3.63) is 29.5 Å². The van der Waals surface area contributed by atoms with Crippen LogP contribution in [0.3, 0.4) is 0 Å². The lowest BCUT2D eigenvalue weighted by Gasteiger charge is -2.54. The summed E-state index contributed by atoms with van der Waals surface area (Å²) in [6, 6.07) is 5.69. The van der Waals surface area contributed by atoms with E-state index in [0.29, 0.717) is 17.9 Å². The predicted molar refractivity (Wildman–Crippen MR) is 121 cm³/mol. The normalized spacial score (nSPS) is 42.3. The van der Waals surface area contributed by atoms with E-state index in [4.69, 9.17) is 4.74 Å². The van der Waals surface area contributed by atoms with Crippen LogP contribution in [0.2, 0.25) is 0 Å². The fourth-order valence-corrected chi connectivity index (χ4v) is 7.45. The Bertz CT molecular complexity index is 1050. The van der Waals surface area contributed by atoms with E-state index < -0.39 is 37.3 Å². The first-order chi connectivity index (χ1) is 15.9. The van der Waals surface area contributed by atoms with Crippen molar-refractivity contribution in [2.75, 3.05) is 19.7 Å². The maximum Gasteiger partial charge on any atom is 0.163 e. The molecule has 4 bridgehead atoms. The highest BCUT2D eigenvalue weighted by atomic mass is 16.6. The third kappa shape index (κ3) is 3.12. The van der Waals surface area contributed by atoms with Gasteiger partial charge in [-0.05, 0) is 54.9 Å². The standard InChI is InChI=1S/C25H34N2O6/c1-2-13-7-12-8-17-20(13)26(10-12)6-5-15-16-9-14(29)3-4-18(16)27(21(15)17)25-24(32)23(31)22(30)19(11-28)33-25/h3-4,9,12-13,17,19-20,22-25,28-32H,2,5-8,10-11H2,1H3/t12-,13-,17+,19-,20?,22+,23-,24?,25-/m0/s1. The summed E-state index contributed by atoms with van der Waals surface area (Å²) in [5.74, 6) is 1.70. The van der Waals surface area contributed by atoms with Crippen LogP contribution in [0.5, 0.6) is 5.75 Å². The molecule has 10 atom stereocenters. The number of aliphatic hydroxyl groups is 4. The minimum atomic E-state index is -1.43. The minimum Gasteiger partial charge on any atom is -0.508 e. The molecule has 3 saturated heterocycles. The Morgan fingerprint density at radius 1 is 1.09 bits per heavy atom. The quantitative estimate of drug-likeness (QED) is 0.467. The number of benzene rings is 1. The van der Waals surface area contributed by atoms with Gasteiger partial charge >= 0.3 is 0 Å². The summed E-state index contributed by atoms with van der Waals surface area (Å²) in [5, 5.41) is 53.0. The van der Waals surface area contributed by atoms with E-state index in [2.05, 4.69) is 11.8 Å². The maximum absolute atomic E-state index is 11.0. The molecule has 5 aliphatic rings. The molecule has 0 spiro atoms. The molecule has 4 fully saturated rings. The number of aliphatic hydroxyl groups excluding tert-OH is 4. The zero-order valence-electron chi connectivity index (χ0n) is 18.9. The zero-order valence-corrected chi connectivity index (χ0v) is 18.9. The van der Waals surface area contributed by atoms with Gasteiger partial charge in [0.25, 0.3) is 0 Å². The van der Waals surface area contributed by atoms with Crippen LogP contribution < -0.4 is 0 Å². The number of hydrogen-bond donors (Lipinski definition) is 5. The molecule has 3 unspecified atom stereocenters. The molecular weight excluding hydrogens is 424 g/mol. The first-order valence-corrected chi connectivity index (χ1v) is 12.3. The lowest BCUT2D eigenvalue weighted by molar-refractivity contribution is -0.251. The van der Waals surface area contributed by atoms with E-state index in [9.17, 15) is 25.5 Å². The number of ether oxygens (including phenoxy) is 1. The van der Waals surface area contributed by atoms with E-state index in [-0.39, 0.29) is 11.7 Å². The van der Waals surface area contributed by atoms with E-state index >= 15 is 0 Å². The second-order valence-electron chi connectivity index (χ2n) is 10.5. The third-order valence-corrected chi connectivity index (χ3v) is 8.81. The fourth-order valence-electron chi connectivity index (χ4n) is 7.45. The van der Waals surface area contributed by atoms with Gasteiger partial charge in [0.2, 0.25) is 0 Å². The molecule has 8 heteroatoms. The van der Waals surface area contributed by atoms with Crippen LogP contribution in [-0.4, -0.2) is 85.2 Å². The van der Waals surface area contributed by atoms with Crippen molar-refractivity contribution >= 4 is 10.9 Å². The Morgan fingerprint density at radius 2 is 1.91 bits per heavy atom. The average molecular weight is 459 g/mol. The van der Waals surface area contributed by atoms with Crippen molar-refractivity contribution in [2.24, 2.45) is 11.8 Å². The highest BCUT2D eigenvalue weighted by Crippen LogP contribution is 2.53. The fraction of sp³-hybridized carbons (Fsp3) is 0.680. The van der Waals surface area contributed by atoms with Crippen LogP contribution in [0.15, 0.2) is 18.2 Å². The predicted octanol–water partition coefficient (Wildman–Crippen LogP) is 1.08. The molecule has 1 aromatic carbocycles. The number of phenolic OH excluding ortho intramolecular Hbond substituents is 1. The molecule has 1 saturated carbocycles. The van der Waals surface area contributed by atoms with Crippen LogP contribution in [0.4, 0.5) is 0 Å². The van der Waals surface area contributed by atoms with Crippen LogP contribution >= 0.6 is 0 Å². The maximum atomic E-state index is 11.0. The zero-order chi connectivity index (χ0) is 23.0. The minimum absolute atomic E-state index is 0.191. The molecule has 5 N–H and O–H groups in total. The number of phenols is 1. The van der Waals surface area contributed by atoms with Gasteiger partial charge in [0.15, 0.2) is 6.23 Å². The Morgan fingerprint density at radius 3 is 2.67 bits per heavy atom. The molecule has 180 valence electrons. The van der Waals surface area contributed by atoms with Crippen molar-refractivity contribution in [3.8, 4) is 5.75 Å². The summed E-state index contributed by atoms with van der Waals surface area (Å²) in [5.41, 5.74) is 3.13. The van der Waals surface area contributed by atoms with Crippen LogP contribution in [0.1, 0.15) is 49.6 Å². The third-order valence-electron chi connectivity index (χ3n) is 8.81. The van der Waals surface area contributed by atoms with E-state index in [1.165, 1.54) is 12.0 Å². The van der Waals surface area contributed by atoms with Crippen LogP contribution in [0, 0.1) is 11.8 Å². The molecule has 0 radical (unpaired) electrons. The second-order valence-corrected chi connectivity index (χ2v) is 10.5. The second kappa shape index (κ2) is 7.93. The highest BCUT2D eigenvalue weighted by Gasteiger charge is 2.51. The lowest BCUT2D eigenvalue weighted by Crippen LogP contribution is -2.58. The molecule has 7 rings (SSSR count). The van der Waals surface area contributed by atoms with Gasteiger partial charge in [0.05, 0.1) is 12.1 Å². The SMILES string of the molecule is CC[C@H]1C[C@H]2C[C@H]3c4c(c5cc(O)ccc5n4[C@H]4O[C@@H](CO)[C@@H](O)[C@H](O)C4O)CCN(C2)C13. The Labute approximate surface area is 193 Å². The molecule has 0 amide bonds. The van der Waals surface area contributed by atoms with Crippen molar-refractivity contribution in [2.45, 2.75) is 75.2 Å². The monoisotopic (exact) mass is 458 g/mol. The van der Waals surface area contributed by atoms with E-state index in [1.807, 2.05) is 10.6 Å². The lowest BCUT2D eigenvalue weighted by atomic mass is 9.65. The Balaban J connectivity index is 1.57. The van der Waals surface area contributed by atoms with Crippen molar-refractivity contribution in [1.82, 2.24) is 9.47 Å².